The molecule has 2 aromatic heterocycles. The number of rotatable bonds is 3. The number of nitrogens with one attached hydrogen (secondary N) is 1. The number of para-hydroxylation sites is 1. The first-order valence-electron chi connectivity index (χ1n) is 6.42. The number of hydrogen-bond acceptors (Lipinski definition) is 4. The van der Waals surface area contributed by atoms with Crippen LogP contribution in [0, 0.1) is 19.7 Å². The van der Waals surface area contributed by atoms with Crippen molar-refractivity contribution in [2.75, 3.05) is 0 Å². The number of ether oxygens (including phenoxy) is 1. The van der Waals surface area contributed by atoms with Crippen molar-refractivity contribution in [3.8, 4) is 5.75 Å². The van der Waals surface area contributed by atoms with Gasteiger partial charge in [-0.15, -0.1) is 11.3 Å². The van der Waals surface area contributed by atoms with Crippen molar-refractivity contribution >= 4 is 21.6 Å². The maximum absolute atomic E-state index is 13.5. The molecule has 0 radical (unpaired) electrons. The fourth-order valence-corrected chi connectivity index (χ4v) is 3.12. The Balaban J connectivity index is 1.92. The first-order chi connectivity index (χ1) is 10.1. The lowest BCUT2D eigenvalue weighted by atomic mass is 10.2. The highest BCUT2D eigenvalue weighted by molar-refractivity contribution is 7.18. The van der Waals surface area contributed by atoms with Gasteiger partial charge in [0.2, 0.25) is 0 Å². The van der Waals surface area contributed by atoms with E-state index >= 15 is 0 Å². The highest BCUT2D eigenvalue weighted by Gasteiger charge is 2.12. The number of halogens is 1. The van der Waals surface area contributed by atoms with Gasteiger partial charge in [0.25, 0.3) is 5.56 Å². The van der Waals surface area contributed by atoms with Gasteiger partial charge in [0.1, 0.15) is 17.3 Å². The molecule has 108 valence electrons. The summed E-state index contributed by atoms with van der Waals surface area (Å²) in [7, 11) is 0. The summed E-state index contributed by atoms with van der Waals surface area (Å²) in [6, 6.07) is 6.13. The van der Waals surface area contributed by atoms with Crippen molar-refractivity contribution in [1.29, 1.82) is 0 Å². The molecule has 0 aliphatic rings. The predicted molar refractivity (Wildman–Crippen MR) is 80.4 cm³/mol. The Labute approximate surface area is 124 Å². The van der Waals surface area contributed by atoms with Gasteiger partial charge < -0.3 is 9.72 Å². The van der Waals surface area contributed by atoms with Crippen LogP contribution in [0.2, 0.25) is 0 Å². The van der Waals surface area contributed by atoms with Crippen LogP contribution in [-0.2, 0) is 6.61 Å². The first kappa shape index (κ1) is 13.8. The van der Waals surface area contributed by atoms with Gasteiger partial charge in [-0.2, -0.15) is 0 Å². The molecule has 1 aromatic carbocycles. The number of aromatic amines is 1. The van der Waals surface area contributed by atoms with E-state index in [-0.39, 0.29) is 17.9 Å². The second kappa shape index (κ2) is 5.29. The quantitative estimate of drug-likeness (QED) is 0.807. The standard InChI is InChI=1S/C15H13FN2O2S/c1-8-9(2)21-15-13(8)14(19)17-12(18-15)7-20-11-6-4-3-5-10(11)16/h3-6H,7H2,1-2H3,(H,17,18,19). The third-order valence-corrected chi connectivity index (χ3v) is 4.39. The summed E-state index contributed by atoms with van der Waals surface area (Å²) >= 11 is 1.47. The fraction of sp³-hybridized carbons (Fsp3) is 0.200. The minimum atomic E-state index is -0.441. The molecule has 2 heterocycles. The predicted octanol–water partition coefficient (Wildman–Crippen LogP) is 3.32. The molecule has 0 amide bonds. The topological polar surface area (TPSA) is 55.0 Å². The zero-order valence-electron chi connectivity index (χ0n) is 11.6. The summed E-state index contributed by atoms with van der Waals surface area (Å²) in [5, 5.41) is 0.618. The van der Waals surface area contributed by atoms with Gasteiger partial charge in [-0.25, -0.2) is 9.37 Å². The summed E-state index contributed by atoms with van der Waals surface area (Å²) in [6.07, 6.45) is 0. The van der Waals surface area contributed by atoms with Crippen LogP contribution in [0.5, 0.6) is 5.75 Å². The Kier molecular flexibility index (Phi) is 3.47. The molecule has 6 heteroatoms. The molecule has 0 atom stereocenters. The van der Waals surface area contributed by atoms with E-state index in [4.69, 9.17) is 4.74 Å². The number of hydrogen-bond donors (Lipinski definition) is 1. The van der Waals surface area contributed by atoms with Crippen molar-refractivity contribution in [3.63, 3.8) is 0 Å². The summed E-state index contributed by atoms with van der Waals surface area (Å²) in [6.45, 7) is 3.87. The van der Waals surface area contributed by atoms with Crippen LogP contribution in [0.1, 0.15) is 16.3 Å². The highest BCUT2D eigenvalue weighted by atomic mass is 32.1. The van der Waals surface area contributed by atoms with Crippen LogP contribution < -0.4 is 10.3 Å². The molecule has 0 aliphatic heterocycles. The smallest absolute Gasteiger partial charge is 0.260 e. The van der Waals surface area contributed by atoms with E-state index in [1.54, 1.807) is 12.1 Å². The normalized spacial score (nSPS) is 11.0. The summed E-state index contributed by atoms with van der Waals surface area (Å²) < 4.78 is 18.8. The van der Waals surface area contributed by atoms with Crippen LogP contribution >= 0.6 is 11.3 Å². The van der Waals surface area contributed by atoms with Crippen LogP contribution in [0.3, 0.4) is 0 Å². The lowest BCUT2D eigenvalue weighted by Gasteiger charge is -2.06. The second-order valence-electron chi connectivity index (χ2n) is 4.70. The average molecular weight is 304 g/mol. The Morgan fingerprint density at radius 2 is 2.10 bits per heavy atom. The molecule has 0 bridgehead atoms. The monoisotopic (exact) mass is 304 g/mol. The van der Waals surface area contributed by atoms with Gasteiger partial charge >= 0.3 is 0 Å². The van der Waals surface area contributed by atoms with Gasteiger partial charge in [-0.05, 0) is 31.5 Å². The SMILES string of the molecule is Cc1sc2nc(COc3ccccc3F)[nH]c(=O)c2c1C. The molecule has 4 nitrogen and oxygen atoms in total. The molecule has 1 N–H and O–H groups in total. The van der Waals surface area contributed by atoms with Crippen LogP contribution in [-0.4, -0.2) is 9.97 Å². The van der Waals surface area contributed by atoms with Crippen molar-refractivity contribution in [1.82, 2.24) is 9.97 Å². The molecule has 3 rings (SSSR count). The molecule has 3 aromatic rings. The minimum absolute atomic E-state index is 0.0160. The van der Waals surface area contributed by atoms with Crippen molar-refractivity contribution in [2.24, 2.45) is 0 Å². The number of thiophene rings is 1. The Morgan fingerprint density at radius 1 is 1.33 bits per heavy atom. The lowest BCUT2D eigenvalue weighted by Crippen LogP contribution is -2.13. The average Bonchev–Trinajstić information content (AvgIpc) is 2.73. The Hall–Kier alpha value is -2.21. The van der Waals surface area contributed by atoms with Crippen molar-refractivity contribution in [3.05, 3.63) is 56.7 Å². The highest BCUT2D eigenvalue weighted by Crippen LogP contribution is 2.25. The van der Waals surface area contributed by atoms with E-state index in [1.165, 1.54) is 23.5 Å². The van der Waals surface area contributed by atoms with Gasteiger partial charge in [-0.3, -0.25) is 4.79 Å². The number of nitrogens with zero attached hydrogens (tertiary/aromatic N) is 1. The molecule has 0 spiro atoms. The van der Waals surface area contributed by atoms with Gasteiger partial charge in [0.05, 0.1) is 5.39 Å². The molecule has 0 unspecified atom stereocenters. The molecule has 0 saturated carbocycles. The molecular weight excluding hydrogens is 291 g/mol. The lowest BCUT2D eigenvalue weighted by molar-refractivity contribution is 0.281. The third kappa shape index (κ3) is 2.54. The number of aryl methyl sites for hydroxylation is 2. The second-order valence-corrected chi connectivity index (χ2v) is 5.90. The van der Waals surface area contributed by atoms with Crippen molar-refractivity contribution < 1.29 is 9.13 Å². The minimum Gasteiger partial charge on any atom is -0.483 e. The summed E-state index contributed by atoms with van der Waals surface area (Å²) in [4.78, 5) is 20.9. The van der Waals surface area contributed by atoms with Gasteiger partial charge in [-0.1, -0.05) is 12.1 Å². The van der Waals surface area contributed by atoms with Crippen LogP contribution in [0.15, 0.2) is 29.1 Å². The number of aromatic nitrogens is 2. The van der Waals surface area contributed by atoms with Gasteiger partial charge in [0, 0.05) is 4.88 Å². The summed E-state index contributed by atoms with van der Waals surface area (Å²) in [5.74, 6) is 0.0829. The number of H-pyrrole nitrogens is 1. The zero-order chi connectivity index (χ0) is 15.0. The van der Waals surface area contributed by atoms with E-state index in [1.807, 2.05) is 13.8 Å². The van der Waals surface area contributed by atoms with Crippen LogP contribution in [0.25, 0.3) is 10.2 Å². The largest absolute Gasteiger partial charge is 0.483 e. The summed E-state index contributed by atoms with van der Waals surface area (Å²) in [5.41, 5.74) is 0.763. The van der Waals surface area contributed by atoms with Gasteiger partial charge in [0.15, 0.2) is 11.6 Å². The van der Waals surface area contributed by atoms with E-state index in [0.717, 1.165) is 10.4 Å². The van der Waals surface area contributed by atoms with Crippen molar-refractivity contribution in [2.45, 2.75) is 20.5 Å². The molecular formula is C15H13FN2O2S. The Bertz CT molecular complexity index is 870. The first-order valence-corrected chi connectivity index (χ1v) is 7.24. The maximum Gasteiger partial charge on any atom is 0.260 e. The fourth-order valence-electron chi connectivity index (χ4n) is 2.08. The molecule has 0 fully saturated rings. The molecule has 0 aliphatic carbocycles. The van der Waals surface area contributed by atoms with E-state index in [2.05, 4.69) is 9.97 Å². The zero-order valence-corrected chi connectivity index (χ0v) is 12.4. The number of fused-ring (bicyclic) bond motifs is 1. The van der Waals surface area contributed by atoms with E-state index in [0.29, 0.717) is 16.0 Å². The molecule has 0 saturated heterocycles. The maximum atomic E-state index is 13.5. The third-order valence-electron chi connectivity index (χ3n) is 3.29. The van der Waals surface area contributed by atoms with Crippen LogP contribution in [0.4, 0.5) is 4.39 Å². The van der Waals surface area contributed by atoms with E-state index < -0.39 is 5.82 Å². The molecule has 21 heavy (non-hydrogen) atoms. The van der Waals surface area contributed by atoms with E-state index in [9.17, 15) is 9.18 Å². The number of benzene rings is 1. The Morgan fingerprint density at radius 3 is 2.86 bits per heavy atom.